The maximum Gasteiger partial charge on any atom is -0.0512 e. The summed E-state index contributed by atoms with van der Waals surface area (Å²) in [7, 11) is 0. The molecule has 0 unspecified atom stereocenters. The topological polar surface area (TPSA) is 0 Å². The van der Waals surface area contributed by atoms with Gasteiger partial charge in [0.25, 0.3) is 0 Å². The molecule has 0 atom stereocenters. The summed E-state index contributed by atoms with van der Waals surface area (Å²) in [5.41, 5.74) is 6.39. The molecule has 0 aromatic heterocycles. The van der Waals surface area contributed by atoms with E-state index >= 15 is 0 Å². The van der Waals surface area contributed by atoms with Crippen LogP contribution in [0, 0.1) is 0 Å². The molecular formula is C18H22F2Ti-2. The van der Waals surface area contributed by atoms with Gasteiger partial charge in [0, 0.05) is 0 Å². The van der Waals surface area contributed by atoms with Gasteiger partial charge in [0.1, 0.15) is 0 Å². The van der Waals surface area contributed by atoms with Crippen LogP contribution in [-0.2, 0) is 45.9 Å². The summed E-state index contributed by atoms with van der Waals surface area (Å²) in [5.74, 6) is 0. The summed E-state index contributed by atoms with van der Waals surface area (Å²) in [6.07, 6.45) is 10.9. The molecule has 4 rings (SSSR count). The van der Waals surface area contributed by atoms with Gasteiger partial charge in [-0.25, -0.2) is 12.1 Å². The fourth-order valence-electron chi connectivity index (χ4n) is 3.23. The minimum absolute atomic E-state index is 1.32. The zero-order chi connectivity index (χ0) is 14.9. The maximum atomic E-state index is 9.75. The van der Waals surface area contributed by atoms with Crippen LogP contribution in [0.2, 0.25) is 0 Å². The van der Waals surface area contributed by atoms with Crippen LogP contribution in [0.25, 0.3) is 0 Å². The second kappa shape index (κ2) is 9.32. The van der Waals surface area contributed by atoms with Crippen molar-refractivity contribution in [2.24, 2.45) is 0 Å². The molecule has 21 heavy (non-hydrogen) atoms. The molecule has 2 aliphatic carbocycles. The Morgan fingerprint density at radius 1 is 0.714 bits per heavy atom. The first-order valence-electron chi connectivity index (χ1n) is 7.78. The Morgan fingerprint density at radius 3 is 1.48 bits per heavy atom. The fourth-order valence-corrected chi connectivity index (χ4v) is 3.23. The van der Waals surface area contributed by atoms with Crippen molar-refractivity contribution >= 4 is 0 Å². The Labute approximate surface area is 136 Å². The Hall–Kier alpha value is -0.726. The Kier molecular flexibility index (Phi) is 7.39. The van der Waals surface area contributed by atoms with Gasteiger partial charge >= 0.3 is 26.4 Å². The molecule has 0 saturated heterocycles. The second-order valence-corrected chi connectivity index (χ2v) is 5.86. The molecule has 0 spiro atoms. The largest absolute Gasteiger partial charge is 0.210 e. The zero-order valence-corrected chi connectivity index (χ0v) is 13.9. The van der Waals surface area contributed by atoms with Gasteiger partial charge in [0.05, 0.1) is 0 Å². The number of hydrogen-bond donors (Lipinski definition) is 0. The average molecular weight is 324 g/mol. The molecule has 0 radical (unpaired) electrons. The van der Waals surface area contributed by atoms with Crippen LogP contribution in [0.1, 0.15) is 47.9 Å². The van der Waals surface area contributed by atoms with E-state index in [9.17, 15) is 6.18 Å². The van der Waals surface area contributed by atoms with Crippen molar-refractivity contribution in [2.75, 3.05) is 0 Å². The molecular weight excluding hydrogens is 302 g/mol. The molecule has 0 nitrogen and oxygen atoms in total. The van der Waals surface area contributed by atoms with Crippen LogP contribution in [-0.4, -0.2) is 0 Å². The second-order valence-electron chi connectivity index (χ2n) is 5.64. The number of hydrogen-bond acceptors (Lipinski definition) is 0. The van der Waals surface area contributed by atoms with Crippen LogP contribution in [0.15, 0.2) is 36.4 Å². The summed E-state index contributed by atoms with van der Waals surface area (Å²) < 4.78 is 19.5. The van der Waals surface area contributed by atoms with Crippen LogP contribution in [0.3, 0.4) is 0 Å². The van der Waals surface area contributed by atoms with E-state index < -0.39 is 20.2 Å². The van der Waals surface area contributed by atoms with Crippen molar-refractivity contribution in [3.63, 3.8) is 0 Å². The van der Waals surface area contributed by atoms with Gasteiger partial charge in [0.2, 0.25) is 0 Å². The molecule has 0 bridgehead atoms. The van der Waals surface area contributed by atoms with E-state index in [0.29, 0.717) is 0 Å². The predicted molar refractivity (Wildman–Crippen MR) is 79.6 cm³/mol. The quantitative estimate of drug-likeness (QED) is 0.449. The van der Waals surface area contributed by atoms with Gasteiger partial charge in [-0.05, 0) is 0 Å². The summed E-state index contributed by atoms with van der Waals surface area (Å²) in [6.45, 7) is 0. The van der Waals surface area contributed by atoms with Crippen molar-refractivity contribution in [3.8, 4) is 0 Å². The summed E-state index contributed by atoms with van der Waals surface area (Å²) >= 11 is -2.50. The third kappa shape index (κ3) is 5.19. The van der Waals surface area contributed by atoms with Crippen molar-refractivity contribution in [2.45, 2.75) is 51.4 Å². The third-order valence-corrected chi connectivity index (χ3v) is 4.30. The Bertz CT molecular complexity index is 426. The van der Waals surface area contributed by atoms with Gasteiger partial charge < -0.3 is 0 Å². The molecule has 0 N–H and O–H groups in total. The minimum atomic E-state index is -2.50. The van der Waals surface area contributed by atoms with E-state index in [4.69, 9.17) is 0 Å². The van der Waals surface area contributed by atoms with Crippen LogP contribution in [0.4, 0.5) is 6.18 Å². The van der Waals surface area contributed by atoms with E-state index in [2.05, 4.69) is 36.4 Å². The van der Waals surface area contributed by atoms with E-state index in [1.807, 2.05) is 0 Å². The Balaban J connectivity index is 0.000000130. The van der Waals surface area contributed by atoms with Gasteiger partial charge in [-0.3, -0.25) is 0 Å². The van der Waals surface area contributed by atoms with Crippen LogP contribution in [0.5, 0.6) is 0 Å². The molecule has 2 aliphatic rings. The van der Waals surface area contributed by atoms with Gasteiger partial charge in [-0.1, -0.05) is 51.4 Å². The van der Waals surface area contributed by atoms with E-state index in [0.717, 1.165) is 0 Å². The number of rotatable bonds is 0. The first kappa shape index (κ1) is 16.6. The fraction of sp³-hybridized carbons (Fsp3) is 0.444. The Morgan fingerprint density at radius 2 is 1.10 bits per heavy atom. The first-order chi connectivity index (χ1) is 10.3. The standard InChI is InChI=1S/2C9H11.2FH.Ti/c2*1-2-5-9-7-3-6-8(9)4-1;;;/h2*3,6-7H,1-2,4-5H2;2*1H;/q2*-1;;;+2/p-2. The van der Waals surface area contributed by atoms with Crippen LogP contribution >= 0.6 is 0 Å². The molecule has 0 amide bonds. The molecule has 0 fully saturated rings. The summed E-state index contributed by atoms with van der Waals surface area (Å²) in [4.78, 5) is 0. The minimum Gasteiger partial charge on any atom is -0.210 e. The first-order valence-corrected chi connectivity index (χ1v) is 8.96. The average Bonchev–Trinajstić information content (AvgIpc) is 3.17. The monoisotopic (exact) mass is 324 g/mol. The van der Waals surface area contributed by atoms with Crippen molar-refractivity contribution < 1.29 is 26.4 Å². The molecule has 3 heteroatoms. The van der Waals surface area contributed by atoms with Crippen molar-refractivity contribution in [1.29, 1.82) is 0 Å². The van der Waals surface area contributed by atoms with E-state index in [-0.39, 0.29) is 0 Å². The molecule has 114 valence electrons. The number of aryl methyl sites for hydroxylation is 4. The molecule has 2 aromatic carbocycles. The number of halogens is 2. The third-order valence-electron chi connectivity index (χ3n) is 4.30. The maximum absolute atomic E-state index is 9.75. The molecule has 2 aromatic rings. The van der Waals surface area contributed by atoms with Gasteiger partial charge in [0.15, 0.2) is 0 Å². The van der Waals surface area contributed by atoms with Crippen molar-refractivity contribution in [3.05, 3.63) is 58.7 Å². The number of fused-ring (bicyclic) bond motifs is 2. The van der Waals surface area contributed by atoms with Crippen LogP contribution < -0.4 is 0 Å². The van der Waals surface area contributed by atoms with Gasteiger partial charge in [-0.2, -0.15) is 46.5 Å². The normalized spacial score (nSPS) is 15.5. The summed E-state index contributed by atoms with van der Waals surface area (Å²) in [5, 5.41) is 0. The molecule has 0 saturated carbocycles. The molecule has 0 aliphatic heterocycles. The SMILES string of the molecule is [F][Ti][F].c1cc2c([cH-]1)CCCC2.c1cc2c([cH-]1)CCCC2. The summed E-state index contributed by atoms with van der Waals surface area (Å²) in [6, 6.07) is 13.4. The van der Waals surface area contributed by atoms with Crippen molar-refractivity contribution in [1.82, 2.24) is 0 Å². The van der Waals surface area contributed by atoms with E-state index in [1.165, 1.54) is 51.4 Å². The molecule has 0 heterocycles. The predicted octanol–water partition coefficient (Wildman–Crippen LogP) is 5.41. The van der Waals surface area contributed by atoms with Gasteiger partial charge in [-0.15, -0.1) is 0 Å². The van der Waals surface area contributed by atoms with E-state index in [1.54, 1.807) is 22.3 Å². The zero-order valence-electron chi connectivity index (χ0n) is 12.4. The smallest absolute Gasteiger partial charge is 0.0512 e.